The van der Waals surface area contributed by atoms with E-state index in [1.807, 2.05) is 48.9 Å². The Morgan fingerprint density at radius 1 is 1.19 bits per heavy atom. The lowest BCUT2D eigenvalue weighted by Crippen LogP contribution is -2.48. The molecule has 1 aliphatic heterocycles. The number of thiazole rings is 1. The van der Waals surface area contributed by atoms with E-state index in [1.165, 1.54) is 0 Å². The van der Waals surface area contributed by atoms with E-state index in [-0.39, 0.29) is 17.9 Å². The van der Waals surface area contributed by atoms with E-state index in [9.17, 15) is 9.59 Å². The van der Waals surface area contributed by atoms with Crippen molar-refractivity contribution in [1.82, 2.24) is 19.7 Å². The number of benzene rings is 1. The van der Waals surface area contributed by atoms with Gasteiger partial charge in [-0.2, -0.15) is 0 Å². The Balaban J connectivity index is 1.54. The predicted molar refractivity (Wildman–Crippen MR) is 109 cm³/mol. The van der Waals surface area contributed by atoms with Crippen molar-refractivity contribution in [2.75, 3.05) is 33.2 Å². The van der Waals surface area contributed by atoms with E-state index in [0.29, 0.717) is 19.6 Å². The molecule has 6 nitrogen and oxygen atoms in total. The van der Waals surface area contributed by atoms with Gasteiger partial charge in [0.15, 0.2) is 0 Å². The van der Waals surface area contributed by atoms with Crippen LogP contribution in [-0.4, -0.2) is 64.8 Å². The summed E-state index contributed by atoms with van der Waals surface area (Å²) >= 11 is 1.64. The molecule has 1 aromatic carbocycles. The molecule has 1 fully saturated rings. The quantitative estimate of drug-likeness (QED) is 0.788. The maximum atomic E-state index is 12.8. The highest BCUT2D eigenvalue weighted by Gasteiger charge is 2.30. The molecule has 7 heteroatoms. The number of hydrogen-bond acceptors (Lipinski definition) is 4. The monoisotopic (exact) mass is 388 g/mol. The second-order valence-electron chi connectivity index (χ2n) is 6.99. The molecular weight excluding hydrogens is 360 g/mol. The lowest BCUT2D eigenvalue weighted by atomic mass is 9.95. The fourth-order valence-electron chi connectivity index (χ4n) is 3.59. The van der Waals surface area contributed by atoms with Gasteiger partial charge in [0, 0.05) is 39.1 Å². The minimum absolute atomic E-state index is 0.00914. The van der Waals surface area contributed by atoms with Crippen LogP contribution in [0.25, 0.3) is 10.2 Å². The molecule has 1 aliphatic rings. The number of hydrogen-bond donors (Lipinski definition) is 0. The normalized spacial score (nSPS) is 15.1. The lowest BCUT2D eigenvalue weighted by molar-refractivity contribution is -0.136. The van der Waals surface area contributed by atoms with Gasteiger partial charge in [-0.3, -0.25) is 4.79 Å². The van der Waals surface area contributed by atoms with Crippen LogP contribution in [0.3, 0.4) is 0 Å². The predicted octanol–water partition coefficient (Wildman–Crippen LogP) is 3.43. The molecule has 0 radical (unpaired) electrons. The van der Waals surface area contributed by atoms with Gasteiger partial charge in [0.05, 0.1) is 16.8 Å². The Kier molecular flexibility index (Phi) is 6.31. The highest BCUT2D eigenvalue weighted by molar-refractivity contribution is 7.18. The first-order valence-corrected chi connectivity index (χ1v) is 10.5. The maximum Gasteiger partial charge on any atom is 0.319 e. The summed E-state index contributed by atoms with van der Waals surface area (Å²) in [5.74, 6) is 0.148. The van der Waals surface area contributed by atoms with Gasteiger partial charge >= 0.3 is 6.03 Å². The molecule has 27 heavy (non-hydrogen) atoms. The molecule has 2 heterocycles. The van der Waals surface area contributed by atoms with Crippen molar-refractivity contribution in [3.8, 4) is 0 Å². The van der Waals surface area contributed by atoms with Crippen molar-refractivity contribution in [2.24, 2.45) is 5.92 Å². The molecule has 0 spiro atoms. The lowest BCUT2D eigenvalue weighted by Gasteiger charge is -2.35. The number of piperidine rings is 1. The van der Waals surface area contributed by atoms with Crippen molar-refractivity contribution in [3.05, 3.63) is 29.3 Å². The number of amides is 3. The molecule has 3 amide bonds. The molecule has 1 saturated heterocycles. The van der Waals surface area contributed by atoms with Gasteiger partial charge < -0.3 is 14.7 Å². The molecule has 1 aromatic heterocycles. The number of nitrogens with zero attached hydrogens (tertiary/aromatic N) is 4. The summed E-state index contributed by atoms with van der Waals surface area (Å²) in [5.41, 5.74) is 0.988. The van der Waals surface area contributed by atoms with Gasteiger partial charge in [-0.15, -0.1) is 11.3 Å². The van der Waals surface area contributed by atoms with E-state index >= 15 is 0 Å². The molecule has 146 valence electrons. The Bertz CT molecular complexity index is 761. The first kappa shape index (κ1) is 19.6. The van der Waals surface area contributed by atoms with Crippen molar-refractivity contribution in [2.45, 2.75) is 33.2 Å². The molecule has 0 saturated carbocycles. The second-order valence-corrected chi connectivity index (χ2v) is 8.10. The average Bonchev–Trinajstić information content (AvgIpc) is 3.10. The van der Waals surface area contributed by atoms with Gasteiger partial charge in [0.1, 0.15) is 5.01 Å². The molecule has 3 rings (SSSR count). The smallest absolute Gasteiger partial charge is 0.319 e. The Morgan fingerprint density at radius 3 is 2.48 bits per heavy atom. The van der Waals surface area contributed by atoms with E-state index in [4.69, 9.17) is 0 Å². The number of likely N-dealkylation sites (tertiary alicyclic amines) is 1. The van der Waals surface area contributed by atoms with E-state index in [1.54, 1.807) is 16.2 Å². The second kappa shape index (κ2) is 8.69. The molecule has 2 aromatic rings. The summed E-state index contributed by atoms with van der Waals surface area (Å²) in [6, 6.07) is 8.13. The zero-order valence-electron chi connectivity index (χ0n) is 16.4. The van der Waals surface area contributed by atoms with E-state index < -0.39 is 0 Å². The molecular formula is C20H28N4O2S. The van der Waals surface area contributed by atoms with E-state index in [0.717, 1.165) is 41.2 Å². The third-order valence-electron chi connectivity index (χ3n) is 5.24. The summed E-state index contributed by atoms with van der Waals surface area (Å²) in [5, 5.41) is 0.959. The van der Waals surface area contributed by atoms with Gasteiger partial charge in [-0.25, -0.2) is 9.78 Å². The highest BCUT2D eigenvalue weighted by Crippen LogP contribution is 2.24. The van der Waals surface area contributed by atoms with Crippen molar-refractivity contribution >= 4 is 33.5 Å². The number of carbonyl (C=O) groups excluding carboxylic acids is 2. The number of fused-ring (bicyclic) bond motifs is 1. The van der Waals surface area contributed by atoms with Crippen LogP contribution in [0.15, 0.2) is 24.3 Å². The van der Waals surface area contributed by atoms with Crippen molar-refractivity contribution in [1.29, 1.82) is 0 Å². The largest absolute Gasteiger partial charge is 0.339 e. The third-order valence-corrected chi connectivity index (χ3v) is 6.26. The van der Waals surface area contributed by atoms with Crippen LogP contribution in [0, 0.1) is 5.92 Å². The van der Waals surface area contributed by atoms with Crippen LogP contribution < -0.4 is 0 Å². The standard InChI is InChI=1S/C20H28N4O2S/c1-4-23(5-2)20(26)24-12-10-15(11-13-24)19(25)22(3)14-18-21-16-8-6-7-9-17(16)27-18/h6-9,15H,4-5,10-14H2,1-3H3. The number of carbonyl (C=O) groups is 2. The average molecular weight is 389 g/mol. The van der Waals surface area contributed by atoms with Crippen LogP contribution in [0.4, 0.5) is 4.79 Å². The number of rotatable bonds is 5. The summed E-state index contributed by atoms with van der Waals surface area (Å²) in [7, 11) is 1.85. The molecule has 0 atom stereocenters. The summed E-state index contributed by atoms with van der Waals surface area (Å²) < 4.78 is 1.15. The molecule has 0 N–H and O–H groups in total. The van der Waals surface area contributed by atoms with Crippen LogP contribution in [-0.2, 0) is 11.3 Å². The first-order chi connectivity index (χ1) is 13.0. The Morgan fingerprint density at radius 2 is 1.85 bits per heavy atom. The highest BCUT2D eigenvalue weighted by atomic mass is 32.1. The van der Waals surface area contributed by atoms with Gasteiger partial charge in [0.2, 0.25) is 5.91 Å². The number of para-hydroxylation sites is 1. The van der Waals surface area contributed by atoms with Crippen LogP contribution in [0.5, 0.6) is 0 Å². The van der Waals surface area contributed by atoms with Crippen molar-refractivity contribution in [3.63, 3.8) is 0 Å². The SMILES string of the molecule is CCN(CC)C(=O)N1CCC(C(=O)N(C)Cc2nc3ccccc3s2)CC1. The first-order valence-electron chi connectivity index (χ1n) is 9.66. The van der Waals surface area contributed by atoms with Gasteiger partial charge in [-0.1, -0.05) is 12.1 Å². The van der Waals surface area contributed by atoms with Crippen LogP contribution in [0.2, 0.25) is 0 Å². The Hall–Kier alpha value is -2.15. The topological polar surface area (TPSA) is 56.8 Å². The van der Waals surface area contributed by atoms with Crippen LogP contribution in [0.1, 0.15) is 31.7 Å². The van der Waals surface area contributed by atoms with Gasteiger partial charge in [0.25, 0.3) is 0 Å². The zero-order valence-corrected chi connectivity index (χ0v) is 17.2. The minimum Gasteiger partial charge on any atom is -0.339 e. The summed E-state index contributed by atoms with van der Waals surface area (Å²) in [6.07, 6.45) is 1.46. The number of aromatic nitrogens is 1. The minimum atomic E-state index is -0.00914. The van der Waals surface area contributed by atoms with E-state index in [2.05, 4.69) is 11.1 Å². The number of urea groups is 1. The fourth-order valence-corrected chi connectivity index (χ4v) is 4.61. The fraction of sp³-hybridized carbons (Fsp3) is 0.550. The van der Waals surface area contributed by atoms with Crippen LogP contribution >= 0.6 is 11.3 Å². The molecule has 0 unspecified atom stereocenters. The zero-order chi connectivity index (χ0) is 19.4. The summed E-state index contributed by atoms with van der Waals surface area (Å²) in [4.78, 5) is 35.4. The molecule has 0 aliphatic carbocycles. The summed E-state index contributed by atoms with van der Waals surface area (Å²) in [6.45, 7) is 7.28. The molecule has 0 bridgehead atoms. The maximum absolute atomic E-state index is 12.8. The van der Waals surface area contributed by atoms with Crippen molar-refractivity contribution < 1.29 is 9.59 Å². The third kappa shape index (κ3) is 4.40. The Labute approximate surface area is 164 Å². The van der Waals surface area contributed by atoms with Gasteiger partial charge in [-0.05, 0) is 38.8 Å².